The van der Waals surface area contributed by atoms with Crippen LogP contribution in [0.3, 0.4) is 0 Å². The molecule has 4 aromatic rings. The topological polar surface area (TPSA) is 131 Å². The summed E-state index contributed by atoms with van der Waals surface area (Å²) in [5, 5.41) is 19.4. The van der Waals surface area contributed by atoms with Crippen molar-refractivity contribution in [2.24, 2.45) is 0 Å². The molecule has 2 heterocycles. The summed E-state index contributed by atoms with van der Waals surface area (Å²) >= 11 is 0. The van der Waals surface area contributed by atoms with E-state index in [2.05, 4.69) is 25.5 Å². The van der Waals surface area contributed by atoms with Gasteiger partial charge in [0.05, 0.1) is 33.3 Å². The SMILES string of the molecule is CNCc1ccc(-c2nnc(-c3nc(-c4ccc(S(=O)(=O)C(C)CCO)cc4)cnc3C)o2)c(F)c1.[HH].[HH]. The summed E-state index contributed by atoms with van der Waals surface area (Å²) in [7, 11) is -1.77. The van der Waals surface area contributed by atoms with E-state index in [0.29, 0.717) is 29.2 Å². The third-order valence-electron chi connectivity index (χ3n) is 5.77. The first-order valence-electron chi connectivity index (χ1n) is 11.3. The fourth-order valence-electron chi connectivity index (χ4n) is 3.65. The molecule has 192 valence electrons. The molecule has 0 spiro atoms. The van der Waals surface area contributed by atoms with Crippen LogP contribution in [0.4, 0.5) is 4.39 Å². The third-order valence-corrected chi connectivity index (χ3v) is 8.00. The van der Waals surface area contributed by atoms with Crippen LogP contribution in [0.25, 0.3) is 34.3 Å². The molecule has 0 radical (unpaired) electrons. The molecule has 36 heavy (non-hydrogen) atoms. The average Bonchev–Trinajstić information content (AvgIpc) is 3.34. The van der Waals surface area contributed by atoms with Crippen molar-refractivity contribution in [2.75, 3.05) is 13.7 Å². The number of aryl methyl sites for hydroxylation is 1. The minimum atomic E-state index is -3.55. The summed E-state index contributed by atoms with van der Waals surface area (Å²) in [6, 6.07) is 11.1. The predicted octanol–water partition coefficient (Wildman–Crippen LogP) is 4.06. The van der Waals surface area contributed by atoms with Crippen LogP contribution in [0, 0.1) is 12.7 Å². The highest BCUT2D eigenvalue weighted by Crippen LogP contribution is 2.29. The molecule has 0 bridgehead atoms. The molecule has 0 saturated heterocycles. The lowest BCUT2D eigenvalue weighted by Gasteiger charge is -2.12. The van der Waals surface area contributed by atoms with Gasteiger partial charge in [-0.15, -0.1) is 10.2 Å². The minimum Gasteiger partial charge on any atom is -0.414 e. The zero-order valence-corrected chi connectivity index (χ0v) is 20.9. The fourth-order valence-corrected chi connectivity index (χ4v) is 5.05. The van der Waals surface area contributed by atoms with Crippen molar-refractivity contribution in [1.29, 1.82) is 0 Å². The second-order valence-corrected chi connectivity index (χ2v) is 10.7. The Balaban J connectivity index is 0.00000253. The lowest BCUT2D eigenvalue weighted by atomic mass is 10.1. The number of aliphatic hydroxyl groups excluding tert-OH is 1. The van der Waals surface area contributed by atoms with Gasteiger partial charge in [0, 0.05) is 21.6 Å². The number of nitrogens with zero attached hydrogens (tertiary/aromatic N) is 4. The van der Waals surface area contributed by atoms with Gasteiger partial charge in [0.15, 0.2) is 9.84 Å². The van der Waals surface area contributed by atoms with Crippen molar-refractivity contribution >= 4 is 9.84 Å². The van der Waals surface area contributed by atoms with E-state index < -0.39 is 20.9 Å². The highest BCUT2D eigenvalue weighted by atomic mass is 32.2. The van der Waals surface area contributed by atoms with Crippen LogP contribution in [-0.2, 0) is 16.4 Å². The Labute approximate surface area is 211 Å². The molecule has 11 heteroatoms. The van der Waals surface area contributed by atoms with Crippen LogP contribution in [-0.4, -0.2) is 52.6 Å². The van der Waals surface area contributed by atoms with Gasteiger partial charge in [-0.3, -0.25) is 4.98 Å². The highest BCUT2D eigenvalue weighted by Gasteiger charge is 2.23. The molecule has 2 N–H and O–H groups in total. The molecule has 0 aliphatic carbocycles. The Morgan fingerprint density at radius 3 is 2.53 bits per heavy atom. The van der Waals surface area contributed by atoms with Gasteiger partial charge in [-0.05, 0) is 57.1 Å². The average molecular weight is 516 g/mol. The number of benzene rings is 2. The van der Waals surface area contributed by atoms with Crippen molar-refractivity contribution < 1.29 is 25.2 Å². The van der Waals surface area contributed by atoms with E-state index in [4.69, 9.17) is 9.52 Å². The number of sulfone groups is 1. The van der Waals surface area contributed by atoms with Crippen molar-refractivity contribution in [3.63, 3.8) is 0 Å². The molecule has 2 aromatic heterocycles. The minimum absolute atomic E-state index is 0. The van der Waals surface area contributed by atoms with Crippen molar-refractivity contribution in [3.8, 4) is 34.3 Å². The van der Waals surface area contributed by atoms with E-state index in [0.717, 1.165) is 5.56 Å². The van der Waals surface area contributed by atoms with Gasteiger partial charge in [-0.2, -0.15) is 0 Å². The lowest BCUT2D eigenvalue weighted by Crippen LogP contribution is -2.19. The molecule has 1 atom stereocenters. The number of aliphatic hydroxyl groups is 1. The van der Waals surface area contributed by atoms with Gasteiger partial charge in [0.2, 0.25) is 0 Å². The summed E-state index contributed by atoms with van der Waals surface area (Å²) in [5.41, 5.74) is 2.97. The van der Waals surface area contributed by atoms with Gasteiger partial charge in [0.1, 0.15) is 11.5 Å². The zero-order chi connectivity index (χ0) is 25.9. The summed E-state index contributed by atoms with van der Waals surface area (Å²) < 4.78 is 45.7. The Morgan fingerprint density at radius 2 is 1.86 bits per heavy atom. The first-order chi connectivity index (χ1) is 17.2. The first-order valence-corrected chi connectivity index (χ1v) is 12.8. The maximum Gasteiger partial charge on any atom is 0.268 e. The molecule has 0 amide bonds. The summed E-state index contributed by atoms with van der Waals surface area (Å²) in [6.07, 6.45) is 1.72. The van der Waals surface area contributed by atoms with Crippen molar-refractivity contribution in [1.82, 2.24) is 25.5 Å². The van der Waals surface area contributed by atoms with E-state index in [1.165, 1.54) is 18.2 Å². The standard InChI is InChI=1S/C25H26FN5O4S.2H2/c1-15(10-11-32)36(33,34)19-7-5-18(6-8-19)22-14-28-16(2)23(29-22)25-31-30-24(35-25)20-9-4-17(13-27-3)12-21(20)26;;/h4-9,12,14-15,27,32H,10-11,13H2,1-3H3;2*1H. The van der Waals surface area contributed by atoms with E-state index in [1.54, 1.807) is 51.4 Å². The van der Waals surface area contributed by atoms with E-state index in [1.807, 2.05) is 0 Å². The van der Waals surface area contributed by atoms with E-state index >= 15 is 0 Å². The van der Waals surface area contributed by atoms with Crippen molar-refractivity contribution in [3.05, 3.63) is 65.7 Å². The van der Waals surface area contributed by atoms with Gasteiger partial charge >= 0.3 is 0 Å². The van der Waals surface area contributed by atoms with Crippen molar-refractivity contribution in [2.45, 2.75) is 37.0 Å². The van der Waals surface area contributed by atoms with Crippen LogP contribution in [0.5, 0.6) is 0 Å². The van der Waals surface area contributed by atoms with Gasteiger partial charge in [-0.1, -0.05) is 18.2 Å². The lowest BCUT2D eigenvalue weighted by molar-refractivity contribution is 0.287. The molecule has 2 aromatic carbocycles. The summed E-state index contributed by atoms with van der Waals surface area (Å²) in [5.74, 6) is -0.359. The molecule has 9 nitrogen and oxygen atoms in total. The molecule has 0 saturated carbocycles. The molecule has 1 unspecified atom stereocenters. The second kappa shape index (κ2) is 10.6. The Kier molecular flexibility index (Phi) is 7.53. The van der Waals surface area contributed by atoms with E-state index in [-0.39, 0.29) is 38.1 Å². The third kappa shape index (κ3) is 5.18. The summed E-state index contributed by atoms with van der Waals surface area (Å²) in [4.78, 5) is 9.13. The van der Waals surface area contributed by atoms with Crippen LogP contribution in [0.1, 0.15) is 27.5 Å². The first kappa shape index (κ1) is 25.5. The number of hydrogen-bond donors (Lipinski definition) is 2. The smallest absolute Gasteiger partial charge is 0.268 e. The van der Waals surface area contributed by atoms with Crippen LogP contribution < -0.4 is 5.32 Å². The maximum absolute atomic E-state index is 14.6. The number of aromatic nitrogens is 4. The largest absolute Gasteiger partial charge is 0.414 e. The van der Waals surface area contributed by atoms with Gasteiger partial charge < -0.3 is 14.8 Å². The van der Waals surface area contributed by atoms with Crippen LogP contribution in [0.15, 0.2) is 58.0 Å². The fraction of sp³-hybridized carbons (Fsp3) is 0.280. The highest BCUT2D eigenvalue weighted by molar-refractivity contribution is 7.92. The normalized spacial score (nSPS) is 12.6. The molecule has 4 rings (SSSR count). The quantitative estimate of drug-likeness (QED) is 0.339. The Bertz CT molecular complexity index is 1480. The molecule has 0 aliphatic rings. The molecular formula is C25H30FN5O4S. The molecular weight excluding hydrogens is 485 g/mol. The summed E-state index contributed by atoms with van der Waals surface area (Å²) in [6.45, 7) is 3.63. The monoisotopic (exact) mass is 515 g/mol. The Morgan fingerprint density at radius 1 is 1.14 bits per heavy atom. The zero-order valence-electron chi connectivity index (χ0n) is 20.1. The molecule has 0 fully saturated rings. The number of nitrogens with one attached hydrogen (secondary N) is 1. The maximum atomic E-state index is 14.6. The van der Waals surface area contributed by atoms with Gasteiger partial charge in [0.25, 0.3) is 11.8 Å². The second-order valence-electron chi connectivity index (χ2n) is 8.34. The predicted molar refractivity (Wildman–Crippen MR) is 136 cm³/mol. The number of rotatable bonds is 9. The molecule has 0 aliphatic heterocycles. The number of hydrogen-bond acceptors (Lipinski definition) is 9. The van der Waals surface area contributed by atoms with Crippen LogP contribution in [0.2, 0.25) is 0 Å². The Hall–Kier alpha value is -3.54. The van der Waals surface area contributed by atoms with E-state index in [9.17, 15) is 12.8 Å². The number of halogens is 1. The van der Waals surface area contributed by atoms with Gasteiger partial charge in [-0.25, -0.2) is 17.8 Å². The van der Waals surface area contributed by atoms with Crippen LogP contribution >= 0.6 is 0 Å².